The van der Waals surface area contributed by atoms with Crippen molar-refractivity contribution in [3.05, 3.63) is 60.0 Å². The summed E-state index contributed by atoms with van der Waals surface area (Å²) in [6.45, 7) is 13.6. The van der Waals surface area contributed by atoms with Crippen molar-refractivity contribution < 1.29 is 9.18 Å². The molecule has 1 aromatic heterocycles. The lowest BCUT2D eigenvalue weighted by molar-refractivity contribution is 0.215. The zero-order chi connectivity index (χ0) is 24.2. The molecule has 0 fully saturated rings. The minimum absolute atomic E-state index is 0.114. The van der Waals surface area contributed by atoms with E-state index in [0.717, 1.165) is 29.4 Å². The van der Waals surface area contributed by atoms with E-state index in [1.807, 2.05) is 17.8 Å². The van der Waals surface area contributed by atoms with Crippen LogP contribution in [0.1, 0.15) is 65.9 Å². The highest BCUT2D eigenvalue weighted by Crippen LogP contribution is 2.40. The fourth-order valence-corrected chi connectivity index (χ4v) is 4.24. The second kappa shape index (κ2) is 10.4. The Balaban J connectivity index is 1.86. The molecule has 0 aliphatic carbocycles. The van der Waals surface area contributed by atoms with Crippen molar-refractivity contribution in [2.45, 2.75) is 66.3 Å². The van der Waals surface area contributed by atoms with Gasteiger partial charge >= 0.3 is 6.03 Å². The maximum atomic E-state index is 13.3. The Morgan fingerprint density at radius 2 is 1.82 bits per heavy atom. The highest BCUT2D eigenvalue weighted by Gasteiger charge is 2.32. The zero-order valence-corrected chi connectivity index (χ0v) is 20.7. The van der Waals surface area contributed by atoms with Crippen molar-refractivity contribution in [3.8, 4) is 5.69 Å². The number of urea groups is 1. The first-order valence-electron chi connectivity index (χ1n) is 11.9. The lowest BCUT2D eigenvalue weighted by Crippen LogP contribution is -2.45. The van der Waals surface area contributed by atoms with Crippen LogP contribution in [0.3, 0.4) is 0 Å². The molecule has 0 saturated carbocycles. The van der Waals surface area contributed by atoms with E-state index >= 15 is 0 Å². The van der Waals surface area contributed by atoms with Gasteiger partial charge in [0, 0.05) is 18.0 Å². The van der Waals surface area contributed by atoms with Crippen molar-refractivity contribution in [2.24, 2.45) is 11.3 Å². The first-order chi connectivity index (χ1) is 15.6. The smallest absolute Gasteiger partial charge is 0.315 e. The number of nitrogens with one attached hydrogen (secondary N) is 2. The number of aromatic nitrogens is 2. The van der Waals surface area contributed by atoms with Gasteiger partial charge < -0.3 is 10.6 Å². The Morgan fingerprint density at radius 3 is 2.45 bits per heavy atom. The maximum Gasteiger partial charge on any atom is 0.315 e. The van der Waals surface area contributed by atoms with Gasteiger partial charge in [-0.05, 0) is 79.0 Å². The normalized spacial score (nSPS) is 13.8. The van der Waals surface area contributed by atoms with Crippen LogP contribution in [0.4, 0.5) is 9.18 Å². The topological polar surface area (TPSA) is 59.0 Å². The molecular weight excluding hydrogens is 415 g/mol. The number of nitrogens with zero attached hydrogens (tertiary/aromatic N) is 2. The molecular formula is C27H37FN4O. The standard InChI is InChI=1S/C27H37FN4O/c1-7-19(4)31-26(33)29-17-27(5,6)24(14-18(2)3)20-8-13-25-21(15-20)16-30-32(25)23-11-9-22(28)10-12-23/h8-13,15-16,18-19,24H,7,14,17H2,1-6H3,(H2,29,31,33)/t19-,24?/m0/s1. The summed E-state index contributed by atoms with van der Waals surface area (Å²) >= 11 is 0. The quantitative estimate of drug-likeness (QED) is 0.394. The number of hydrogen-bond acceptors (Lipinski definition) is 2. The third-order valence-corrected chi connectivity index (χ3v) is 6.41. The Labute approximate surface area is 196 Å². The predicted molar refractivity (Wildman–Crippen MR) is 133 cm³/mol. The Kier molecular flexibility index (Phi) is 7.77. The molecule has 0 aliphatic heterocycles. The summed E-state index contributed by atoms with van der Waals surface area (Å²) in [7, 11) is 0. The number of carbonyl (C=O) groups excluding carboxylic acids is 1. The molecule has 0 bridgehead atoms. The molecule has 5 nitrogen and oxygen atoms in total. The zero-order valence-electron chi connectivity index (χ0n) is 20.7. The summed E-state index contributed by atoms with van der Waals surface area (Å²) < 4.78 is 15.2. The van der Waals surface area contributed by atoms with Crippen LogP contribution >= 0.6 is 0 Å². The molecule has 2 atom stereocenters. The predicted octanol–water partition coefficient (Wildman–Crippen LogP) is 6.42. The van der Waals surface area contributed by atoms with Gasteiger partial charge in [-0.15, -0.1) is 0 Å². The summed E-state index contributed by atoms with van der Waals surface area (Å²) in [5.41, 5.74) is 2.91. The van der Waals surface area contributed by atoms with Gasteiger partial charge in [-0.3, -0.25) is 0 Å². The van der Waals surface area contributed by atoms with E-state index in [0.29, 0.717) is 12.5 Å². The third kappa shape index (κ3) is 6.12. The van der Waals surface area contributed by atoms with Gasteiger partial charge in [0.1, 0.15) is 5.82 Å². The lowest BCUT2D eigenvalue weighted by atomic mass is 9.71. The highest BCUT2D eigenvalue weighted by atomic mass is 19.1. The van der Waals surface area contributed by atoms with Gasteiger partial charge in [-0.25, -0.2) is 13.9 Å². The third-order valence-electron chi connectivity index (χ3n) is 6.41. The lowest BCUT2D eigenvalue weighted by Gasteiger charge is -2.36. The molecule has 2 amide bonds. The Morgan fingerprint density at radius 1 is 1.12 bits per heavy atom. The van der Waals surface area contributed by atoms with Crippen molar-refractivity contribution in [1.29, 1.82) is 0 Å². The van der Waals surface area contributed by atoms with Gasteiger partial charge in [0.2, 0.25) is 0 Å². The van der Waals surface area contributed by atoms with Crippen molar-refractivity contribution in [3.63, 3.8) is 0 Å². The van der Waals surface area contributed by atoms with Crippen LogP contribution in [-0.4, -0.2) is 28.4 Å². The molecule has 0 radical (unpaired) electrons. The van der Waals surface area contributed by atoms with Gasteiger partial charge in [0.25, 0.3) is 0 Å². The molecule has 6 heteroatoms. The fourth-order valence-electron chi connectivity index (χ4n) is 4.24. The number of carbonyl (C=O) groups is 1. The minimum Gasteiger partial charge on any atom is -0.338 e. The first kappa shape index (κ1) is 24.7. The number of halogens is 1. The number of amides is 2. The van der Waals surface area contributed by atoms with Crippen molar-refractivity contribution in [2.75, 3.05) is 6.54 Å². The molecule has 0 aliphatic rings. The van der Waals surface area contributed by atoms with Crippen LogP contribution in [0.5, 0.6) is 0 Å². The average Bonchev–Trinajstić information content (AvgIpc) is 3.19. The van der Waals surface area contributed by atoms with Gasteiger partial charge in [0.15, 0.2) is 0 Å². The summed E-state index contributed by atoms with van der Waals surface area (Å²) in [6.07, 6.45) is 3.77. The van der Waals surface area contributed by atoms with Crippen LogP contribution < -0.4 is 10.6 Å². The van der Waals surface area contributed by atoms with Crippen molar-refractivity contribution in [1.82, 2.24) is 20.4 Å². The molecule has 33 heavy (non-hydrogen) atoms. The number of rotatable bonds is 9. The van der Waals surface area contributed by atoms with Crippen LogP contribution in [0, 0.1) is 17.2 Å². The van der Waals surface area contributed by atoms with Crippen LogP contribution in [0.25, 0.3) is 16.6 Å². The van der Waals surface area contributed by atoms with Gasteiger partial charge in [-0.2, -0.15) is 5.10 Å². The van der Waals surface area contributed by atoms with E-state index in [4.69, 9.17) is 0 Å². The molecule has 2 aromatic carbocycles. The molecule has 3 rings (SSSR count). The SMILES string of the molecule is CC[C@H](C)NC(=O)NCC(C)(C)C(CC(C)C)c1ccc2c(cnn2-c2ccc(F)cc2)c1. The van der Waals surface area contributed by atoms with Gasteiger partial charge in [0.05, 0.1) is 17.4 Å². The summed E-state index contributed by atoms with van der Waals surface area (Å²) in [5, 5.41) is 11.7. The molecule has 0 spiro atoms. The van der Waals surface area contributed by atoms with Crippen LogP contribution in [0.2, 0.25) is 0 Å². The Bertz CT molecular complexity index is 1070. The molecule has 3 aromatic rings. The van der Waals surface area contributed by atoms with E-state index in [1.54, 1.807) is 12.1 Å². The van der Waals surface area contributed by atoms with E-state index in [-0.39, 0.29) is 29.2 Å². The fraction of sp³-hybridized carbons (Fsp3) is 0.481. The molecule has 0 saturated heterocycles. The second-order valence-corrected chi connectivity index (χ2v) is 10.2. The molecule has 2 N–H and O–H groups in total. The van der Waals surface area contributed by atoms with Crippen LogP contribution in [-0.2, 0) is 0 Å². The minimum atomic E-state index is -0.261. The first-order valence-corrected chi connectivity index (χ1v) is 11.9. The Hall–Kier alpha value is -2.89. The summed E-state index contributed by atoms with van der Waals surface area (Å²) in [6, 6.07) is 12.9. The molecule has 1 heterocycles. The second-order valence-electron chi connectivity index (χ2n) is 10.2. The van der Waals surface area contributed by atoms with Crippen molar-refractivity contribution >= 4 is 16.9 Å². The largest absolute Gasteiger partial charge is 0.338 e. The number of benzene rings is 2. The van der Waals surface area contributed by atoms with Crippen LogP contribution in [0.15, 0.2) is 48.7 Å². The molecule has 1 unspecified atom stereocenters. The summed E-state index contributed by atoms with van der Waals surface area (Å²) in [4.78, 5) is 12.3. The summed E-state index contributed by atoms with van der Waals surface area (Å²) in [5.74, 6) is 0.517. The number of fused-ring (bicyclic) bond motifs is 1. The van der Waals surface area contributed by atoms with Gasteiger partial charge in [-0.1, -0.05) is 40.7 Å². The maximum absolute atomic E-state index is 13.3. The number of hydrogen-bond donors (Lipinski definition) is 2. The molecule has 178 valence electrons. The highest BCUT2D eigenvalue weighted by molar-refractivity contribution is 5.81. The van der Waals surface area contributed by atoms with E-state index < -0.39 is 0 Å². The monoisotopic (exact) mass is 452 g/mol. The van der Waals surface area contributed by atoms with E-state index in [2.05, 4.69) is 68.6 Å². The van der Waals surface area contributed by atoms with E-state index in [1.165, 1.54) is 17.7 Å². The van der Waals surface area contributed by atoms with E-state index in [9.17, 15) is 9.18 Å². The average molecular weight is 453 g/mol.